The van der Waals surface area contributed by atoms with E-state index in [-0.39, 0.29) is 12.7 Å². The number of amides is 1. The third-order valence-electron chi connectivity index (χ3n) is 5.07. The smallest absolute Gasteiger partial charge is 0.410 e. The molecule has 0 bridgehead atoms. The topological polar surface area (TPSA) is 66.2 Å². The molecule has 0 spiro atoms. The molecule has 1 amide bonds. The van der Waals surface area contributed by atoms with Crippen LogP contribution in [-0.2, 0) is 16.9 Å². The van der Waals surface area contributed by atoms with E-state index in [1.165, 1.54) is 0 Å². The van der Waals surface area contributed by atoms with E-state index < -0.39 is 5.54 Å². The Morgan fingerprint density at radius 2 is 2.11 bits per heavy atom. The number of likely N-dealkylation sites (tertiary alicyclic amines) is 1. The number of para-hydroxylation sites is 1. The van der Waals surface area contributed by atoms with Crippen molar-refractivity contribution in [2.24, 2.45) is 0 Å². The van der Waals surface area contributed by atoms with Crippen LogP contribution in [0.25, 0.3) is 10.2 Å². The van der Waals surface area contributed by atoms with E-state index in [4.69, 9.17) is 9.72 Å². The summed E-state index contributed by atoms with van der Waals surface area (Å²) in [6.45, 7) is 2.93. The molecule has 0 saturated carbocycles. The Balaban J connectivity index is 1.59. The van der Waals surface area contributed by atoms with E-state index >= 15 is 0 Å². The Labute approximate surface area is 161 Å². The molecule has 1 aliphatic rings. The van der Waals surface area contributed by atoms with E-state index in [1.807, 2.05) is 49.4 Å². The van der Waals surface area contributed by atoms with Crippen molar-refractivity contribution in [1.29, 1.82) is 5.26 Å². The normalized spacial score (nSPS) is 19.2. The summed E-state index contributed by atoms with van der Waals surface area (Å²) in [7, 11) is 0. The maximum Gasteiger partial charge on any atom is 0.410 e. The molecule has 6 heteroatoms. The average molecular weight is 377 g/mol. The molecule has 1 atom stereocenters. The number of ether oxygens (including phenoxy) is 1. The minimum Gasteiger partial charge on any atom is -0.445 e. The minimum atomic E-state index is -0.510. The van der Waals surface area contributed by atoms with Crippen molar-refractivity contribution < 1.29 is 9.53 Å². The Hall–Kier alpha value is -2.91. The lowest BCUT2D eigenvalue weighted by atomic mass is 10.0. The van der Waals surface area contributed by atoms with E-state index in [9.17, 15) is 10.1 Å². The Bertz CT molecular complexity index is 1020. The monoisotopic (exact) mass is 377 g/mol. The van der Waals surface area contributed by atoms with Crippen molar-refractivity contribution in [3.8, 4) is 6.07 Å². The van der Waals surface area contributed by atoms with Gasteiger partial charge in [0.25, 0.3) is 0 Å². The van der Waals surface area contributed by atoms with Crippen LogP contribution in [0, 0.1) is 11.3 Å². The molecular weight excluding hydrogens is 358 g/mol. The molecule has 0 unspecified atom stereocenters. The third-order valence-corrected chi connectivity index (χ3v) is 6.34. The summed E-state index contributed by atoms with van der Waals surface area (Å²) >= 11 is 1.55. The van der Waals surface area contributed by atoms with Gasteiger partial charge in [-0.25, -0.2) is 9.78 Å². The Morgan fingerprint density at radius 1 is 1.30 bits per heavy atom. The van der Waals surface area contributed by atoms with Crippen molar-refractivity contribution in [3.63, 3.8) is 0 Å². The van der Waals surface area contributed by atoms with Crippen molar-refractivity contribution in [2.45, 2.75) is 31.9 Å². The number of hydrogen-bond donors (Lipinski definition) is 0. The van der Waals surface area contributed by atoms with E-state index in [0.29, 0.717) is 17.6 Å². The zero-order chi connectivity index (χ0) is 18.9. The Kier molecular flexibility index (Phi) is 4.54. The molecule has 0 aliphatic carbocycles. The highest BCUT2D eigenvalue weighted by molar-refractivity contribution is 7.18. The molecule has 1 aromatic heterocycles. The van der Waals surface area contributed by atoms with Gasteiger partial charge in [0.2, 0.25) is 0 Å². The van der Waals surface area contributed by atoms with Crippen LogP contribution in [0.15, 0.2) is 48.5 Å². The maximum absolute atomic E-state index is 12.8. The number of hydrogen-bond acceptors (Lipinski definition) is 5. The zero-order valence-electron chi connectivity index (χ0n) is 15.0. The first-order valence-corrected chi connectivity index (χ1v) is 9.72. The van der Waals surface area contributed by atoms with Crippen LogP contribution in [-0.4, -0.2) is 22.5 Å². The van der Waals surface area contributed by atoms with Crippen LogP contribution >= 0.6 is 11.3 Å². The minimum absolute atomic E-state index is 0.255. The average Bonchev–Trinajstić information content (AvgIpc) is 3.31. The zero-order valence-corrected chi connectivity index (χ0v) is 15.8. The molecule has 0 N–H and O–H groups in total. The first-order valence-electron chi connectivity index (χ1n) is 8.90. The quantitative estimate of drug-likeness (QED) is 0.656. The lowest BCUT2D eigenvalue weighted by Gasteiger charge is -2.32. The van der Waals surface area contributed by atoms with Gasteiger partial charge in [0.15, 0.2) is 0 Å². The molecule has 2 heterocycles. The fraction of sp³-hybridized carbons (Fsp3) is 0.286. The predicted molar refractivity (Wildman–Crippen MR) is 104 cm³/mol. The summed E-state index contributed by atoms with van der Waals surface area (Å²) in [5, 5.41) is 10.2. The third kappa shape index (κ3) is 3.15. The van der Waals surface area contributed by atoms with Crippen molar-refractivity contribution >= 4 is 27.6 Å². The number of rotatable bonds is 3. The van der Waals surface area contributed by atoms with E-state index in [0.717, 1.165) is 28.1 Å². The number of nitrogens with zero attached hydrogens (tertiary/aromatic N) is 3. The van der Waals surface area contributed by atoms with Gasteiger partial charge in [-0.2, -0.15) is 5.26 Å². The number of aromatic nitrogens is 1. The first kappa shape index (κ1) is 17.5. The largest absolute Gasteiger partial charge is 0.445 e. The van der Waals surface area contributed by atoms with Gasteiger partial charge < -0.3 is 4.74 Å². The molecule has 2 aromatic carbocycles. The molecular formula is C21H19N3O2S. The highest BCUT2D eigenvalue weighted by atomic mass is 32.1. The highest BCUT2D eigenvalue weighted by Gasteiger charge is 2.44. The van der Waals surface area contributed by atoms with Gasteiger partial charge in [0.05, 0.1) is 21.3 Å². The molecule has 27 heavy (non-hydrogen) atoms. The summed E-state index contributed by atoms with van der Waals surface area (Å²) in [5.41, 5.74) is 1.73. The number of benzene rings is 2. The van der Waals surface area contributed by atoms with Crippen LogP contribution in [0.5, 0.6) is 0 Å². The first-order chi connectivity index (χ1) is 13.1. The second-order valence-corrected chi connectivity index (χ2v) is 7.88. The Morgan fingerprint density at radius 3 is 2.89 bits per heavy atom. The van der Waals surface area contributed by atoms with Gasteiger partial charge >= 0.3 is 6.09 Å². The lowest BCUT2D eigenvalue weighted by Crippen LogP contribution is -2.43. The second-order valence-electron chi connectivity index (χ2n) is 6.85. The molecule has 3 aromatic rings. The number of carbonyl (C=O) groups excluding carboxylic acids is 1. The van der Waals surface area contributed by atoms with Gasteiger partial charge in [0, 0.05) is 6.54 Å². The van der Waals surface area contributed by atoms with Gasteiger partial charge in [-0.15, -0.1) is 11.3 Å². The van der Waals surface area contributed by atoms with Crippen molar-refractivity contribution in [1.82, 2.24) is 9.88 Å². The summed E-state index contributed by atoms with van der Waals surface area (Å²) < 4.78 is 6.53. The van der Waals surface area contributed by atoms with Gasteiger partial charge in [-0.1, -0.05) is 36.4 Å². The summed E-state index contributed by atoms with van der Waals surface area (Å²) in [4.78, 5) is 19.3. The number of fused-ring (bicyclic) bond motifs is 1. The van der Waals surface area contributed by atoms with Gasteiger partial charge in [-0.3, -0.25) is 4.90 Å². The summed E-state index contributed by atoms with van der Waals surface area (Å²) in [6, 6.07) is 17.5. The number of carbonyl (C=O) groups is 1. The van der Waals surface area contributed by atoms with Crippen LogP contribution in [0.2, 0.25) is 0 Å². The standard InChI is InChI=1S/C21H19N3O2S/c1-21(19-23-18-16(13-22)9-5-10-17(18)27-19)11-6-12-24(21)20(25)26-14-15-7-3-2-4-8-15/h2-5,7-10H,6,11-12,14H2,1H3/t21-/m0/s1. The predicted octanol–water partition coefficient (Wildman–Crippen LogP) is 4.82. The van der Waals surface area contributed by atoms with Crippen LogP contribution in [0.1, 0.15) is 35.9 Å². The lowest BCUT2D eigenvalue weighted by molar-refractivity contribution is 0.0693. The molecule has 5 nitrogen and oxygen atoms in total. The maximum atomic E-state index is 12.8. The molecule has 0 radical (unpaired) electrons. The van der Waals surface area contributed by atoms with E-state index in [2.05, 4.69) is 6.07 Å². The number of nitriles is 1. The SMILES string of the molecule is C[C@@]1(c2nc3c(C#N)cccc3s2)CCCN1C(=O)OCc1ccccc1. The molecule has 136 valence electrons. The van der Waals surface area contributed by atoms with Gasteiger partial charge in [-0.05, 0) is 37.5 Å². The summed E-state index contributed by atoms with van der Waals surface area (Å²) in [5.74, 6) is 0. The fourth-order valence-electron chi connectivity index (χ4n) is 3.54. The number of thiazole rings is 1. The highest BCUT2D eigenvalue weighted by Crippen LogP contribution is 2.42. The molecule has 1 aliphatic heterocycles. The van der Waals surface area contributed by atoms with Crippen LogP contribution in [0.4, 0.5) is 4.79 Å². The molecule has 1 fully saturated rings. The summed E-state index contributed by atoms with van der Waals surface area (Å²) in [6.07, 6.45) is 1.41. The van der Waals surface area contributed by atoms with Crippen LogP contribution < -0.4 is 0 Å². The van der Waals surface area contributed by atoms with Crippen LogP contribution in [0.3, 0.4) is 0 Å². The van der Waals surface area contributed by atoms with E-state index in [1.54, 1.807) is 22.3 Å². The van der Waals surface area contributed by atoms with Crippen molar-refractivity contribution in [3.05, 3.63) is 64.7 Å². The fourth-order valence-corrected chi connectivity index (χ4v) is 4.72. The second kappa shape index (κ2) is 7.01. The molecule has 4 rings (SSSR count). The van der Waals surface area contributed by atoms with Crippen molar-refractivity contribution in [2.75, 3.05) is 6.54 Å². The van der Waals surface area contributed by atoms with Gasteiger partial charge in [0.1, 0.15) is 17.7 Å². The molecule has 1 saturated heterocycles.